The zero-order valence-corrected chi connectivity index (χ0v) is 17.0. The van der Waals surface area contributed by atoms with Crippen LogP contribution in [0.3, 0.4) is 0 Å². The van der Waals surface area contributed by atoms with Gasteiger partial charge in [0.1, 0.15) is 5.82 Å². The van der Waals surface area contributed by atoms with E-state index in [1.165, 1.54) is 11.6 Å². The third kappa shape index (κ3) is 3.28. The second-order valence-electron chi connectivity index (χ2n) is 6.60. The van der Waals surface area contributed by atoms with E-state index in [0.29, 0.717) is 4.88 Å². The van der Waals surface area contributed by atoms with Gasteiger partial charge in [-0.1, -0.05) is 23.5 Å². The maximum Gasteiger partial charge on any atom is 0.308 e. The van der Waals surface area contributed by atoms with Crippen LogP contribution in [-0.2, 0) is 11.8 Å². The van der Waals surface area contributed by atoms with Crippen LogP contribution in [0.1, 0.15) is 22.8 Å². The second kappa shape index (κ2) is 7.38. The van der Waals surface area contributed by atoms with Crippen LogP contribution in [0.25, 0.3) is 0 Å². The van der Waals surface area contributed by atoms with Gasteiger partial charge in [-0.3, -0.25) is 19.1 Å². The molecule has 0 fully saturated rings. The monoisotopic (exact) mass is 436 g/mol. The topological polar surface area (TPSA) is 42.3 Å². The minimum atomic E-state index is -1.61. The van der Waals surface area contributed by atoms with E-state index in [9.17, 15) is 22.8 Å². The Morgan fingerprint density at radius 1 is 1.07 bits per heavy atom. The lowest BCUT2D eigenvalue weighted by atomic mass is 9.90. The summed E-state index contributed by atoms with van der Waals surface area (Å²) in [5.41, 5.74) is 0.715. The molecule has 1 atom stereocenters. The van der Waals surface area contributed by atoms with Crippen molar-refractivity contribution in [3.8, 4) is 0 Å². The van der Waals surface area contributed by atoms with Gasteiger partial charge in [-0.05, 0) is 24.0 Å². The quantitative estimate of drug-likeness (QED) is 0.438. The van der Waals surface area contributed by atoms with E-state index in [1.54, 1.807) is 11.8 Å². The summed E-state index contributed by atoms with van der Waals surface area (Å²) in [6, 6.07) is 9.21. The fourth-order valence-corrected chi connectivity index (χ4v) is 4.97. The van der Waals surface area contributed by atoms with E-state index in [1.807, 2.05) is 30.5 Å². The van der Waals surface area contributed by atoms with Gasteiger partial charge in [0, 0.05) is 36.4 Å². The van der Waals surface area contributed by atoms with Crippen LogP contribution >= 0.6 is 23.1 Å². The number of amides is 1. The highest BCUT2D eigenvalue weighted by molar-refractivity contribution is 7.98. The molecule has 1 aromatic heterocycles. The highest BCUT2D eigenvalue weighted by Gasteiger charge is 2.38. The summed E-state index contributed by atoms with van der Waals surface area (Å²) in [6.45, 7) is 0. The third-order valence-corrected chi connectivity index (χ3v) is 6.79. The number of carbonyl (C=O) groups is 1. The van der Waals surface area contributed by atoms with Crippen LogP contribution in [-0.4, -0.2) is 16.7 Å². The molecule has 0 bridgehead atoms. The van der Waals surface area contributed by atoms with E-state index >= 15 is 0 Å². The van der Waals surface area contributed by atoms with Crippen molar-refractivity contribution in [3.63, 3.8) is 0 Å². The Bertz CT molecular complexity index is 1150. The molecule has 1 aliphatic rings. The summed E-state index contributed by atoms with van der Waals surface area (Å²) in [5, 5.41) is 0. The molecular weight excluding hydrogens is 421 g/mol. The number of fused-ring (bicyclic) bond motifs is 1. The zero-order chi connectivity index (χ0) is 20.9. The van der Waals surface area contributed by atoms with Gasteiger partial charge in [0.05, 0.1) is 10.6 Å². The molecule has 0 spiro atoms. The zero-order valence-electron chi connectivity index (χ0n) is 15.4. The summed E-state index contributed by atoms with van der Waals surface area (Å²) in [6.07, 6.45) is 1.98. The molecule has 2 aromatic carbocycles. The van der Waals surface area contributed by atoms with Crippen molar-refractivity contribution in [1.29, 1.82) is 0 Å². The molecule has 4 rings (SSSR count). The predicted molar refractivity (Wildman–Crippen MR) is 108 cm³/mol. The molecule has 0 N–H and O–H groups in total. The Morgan fingerprint density at radius 2 is 1.69 bits per heavy atom. The lowest BCUT2D eigenvalue weighted by molar-refractivity contribution is -0.118. The second-order valence-corrected chi connectivity index (χ2v) is 8.47. The lowest BCUT2D eigenvalue weighted by Gasteiger charge is -2.32. The molecule has 1 amide bonds. The van der Waals surface area contributed by atoms with Crippen LogP contribution < -0.4 is 9.77 Å². The molecule has 2 heterocycles. The largest absolute Gasteiger partial charge is 0.308 e. The molecule has 3 aromatic rings. The summed E-state index contributed by atoms with van der Waals surface area (Å²) < 4.78 is 42.3. The molecule has 1 aliphatic heterocycles. The van der Waals surface area contributed by atoms with Crippen LogP contribution in [0.4, 0.5) is 24.7 Å². The molecular formula is C20H15F3N2O2S2. The van der Waals surface area contributed by atoms with Crippen LogP contribution in [0, 0.1) is 17.5 Å². The fraction of sp³-hybridized carbons (Fsp3) is 0.200. The SMILES string of the molecule is CSc1ccc([C@@H]2CC(=O)N(c3cc(F)c(F)c(F)c3)c3c2sc(=O)n3C)cc1. The van der Waals surface area contributed by atoms with Crippen LogP contribution in [0.5, 0.6) is 0 Å². The maximum absolute atomic E-state index is 13.8. The van der Waals surface area contributed by atoms with Gasteiger partial charge in [-0.25, -0.2) is 13.2 Å². The van der Waals surface area contributed by atoms with Crippen molar-refractivity contribution < 1.29 is 18.0 Å². The van der Waals surface area contributed by atoms with Gasteiger partial charge in [0.2, 0.25) is 5.91 Å². The number of carbonyl (C=O) groups excluding carboxylic acids is 1. The average Bonchev–Trinajstić information content (AvgIpc) is 3.00. The Morgan fingerprint density at radius 3 is 2.28 bits per heavy atom. The first-order valence-corrected chi connectivity index (χ1v) is 10.7. The highest BCUT2D eigenvalue weighted by atomic mass is 32.2. The molecule has 0 aliphatic carbocycles. The molecule has 150 valence electrons. The summed E-state index contributed by atoms with van der Waals surface area (Å²) in [7, 11) is 1.49. The third-order valence-electron chi connectivity index (χ3n) is 4.91. The van der Waals surface area contributed by atoms with Crippen LogP contribution in [0.2, 0.25) is 0 Å². The van der Waals surface area contributed by atoms with Gasteiger partial charge in [-0.15, -0.1) is 11.8 Å². The van der Waals surface area contributed by atoms with Crippen molar-refractivity contribution >= 4 is 40.5 Å². The average molecular weight is 436 g/mol. The number of nitrogens with zero attached hydrogens (tertiary/aromatic N) is 2. The smallest absolute Gasteiger partial charge is 0.288 e. The molecule has 29 heavy (non-hydrogen) atoms. The summed E-state index contributed by atoms with van der Waals surface area (Å²) in [5.74, 6) is -4.94. The van der Waals surface area contributed by atoms with E-state index in [4.69, 9.17) is 0 Å². The first-order chi connectivity index (χ1) is 13.8. The van der Waals surface area contributed by atoms with Crippen molar-refractivity contribution in [1.82, 2.24) is 4.57 Å². The van der Waals surface area contributed by atoms with Gasteiger partial charge in [0.15, 0.2) is 17.5 Å². The number of hydrogen-bond donors (Lipinski definition) is 0. The standard InChI is InChI=1S/C20H15F3N2O2S2/c1-24-19-18(29-20(24)27)13(10-3-5-12(28-2)6-4-10)9-16(26)25(19)11-7-14(21)17(23)15(22)8-11/h3-8,13H,9H2,1-2H3/t13-/m0/s1. The number of rotatable bonds is 3. The highest BCUT2D eigenvalue weighted by Crippen LogP contribution is 2.45. The molecule has 0 saturated carbocycles. The normalized spacial score (nSPS) is 16.2. The van der Waals surface area contributed by atoms with Gasteiger partial charge in [0.25, 0.3) is 0 Å². The number of thioether (sulfide) groups is 1. The minimum Gasteiger partial charge on any atom is -0.288 e. The molecule has 9 heteroatoms. The van der Waals surface area contributed by atoms with Crippen molar-refractivity contribution in [2.45, 2.75) is 17.2 Å². The van der Waals surface area contributed by atoms with E-state index < -0.39 is 23.4 Å². The number of hydrogen-bond acceptors (Lipinski definition) is 4. The number of halogens is 3. The summed E-state index contributed by atoms with van der Waals surface area (Å²) in [4.78, 5) is 27.9. The Hall–Kier alpha value is -2.52. The van der Waals surface area contributed by atoms with E-state index in [0.717, 1.165) is 38.8 Å². The van der Waals surface area contributed by atoms with Gasteiger partial charge < -0.3 is 0 Å². The van der Waals surface area contributed by atoms with Gasteiger partial charge >= 0.3 is 4.87 Å². The number of benzene rings is 2. The van der Waals surface area contributed by atoms with Crippen LogP contribution in [0.15, 0.2) is 46.1 Å². The number of anilines is 2. The Kier molecular flexibility index (Phi) is 5.04. The Labute approximate surface area is 172 Å². The van der Waals surface area contributed by atoms with E-state index in [2.05, 4.69) is 0 Å². The molecule has 0 saturated heterocycles. The molecule has 0 radical (unpaired) electrons. The minimum absolute atomic E-state index is 0.0200. The van der Waals surface area contributed by atoms with Crippen molar-refractivity contribution in [2.75, 3.05) is 11.2 Å². The first kappa shape index (κ1) is 19.8. The molecule has 4 nitrogen and oxygen atoms in total. The van der Waals surface area contributed by atoms with Gasteiger partial charge in [-0.2, -0.15) is 0 Å². The number of thiazole rings is 1. The van der Waals surface area contributed by atoms with Crippen molar-refractivity contribution in [2.24, 2.45) is 7.05 Å². The lowest BCUT2D eigenvalue weighted by Crippen LogP contribution is -2.35. The maximum atomic E-state index is 13.8. The molecule has 0 unspecified atom stereocenters. The van der Waals surface area contributed by atoms with Crippen molar-refractivity contribution in [3.05, 3.63) is 74.0 Å². The predicted octanol–water partition coefficient (Wildman–Crippen LogP) is 4.79. The fourth-order valence-electron chi connectivity index (χ4n) is 3.47. The summed E-state index contributed by atoms with van der Waals surface area (Å²) >= 11 is 2.58. The van der Waals surface area contributed by atoms with E-state index in [-0.39, 0.29) is 28.7 Å². The number of aromatic nitrogens is 1. The Balaban J connectivity index is 1.88. The first-order valence-electron chi connectivity index (χ1n) is 8.63.